The minimum absolute atomic E-state index is 0.556. The first-order chi connectivity index (χ1) is 7.75. The maximum atomic E-state index is 4.45. The van der Waals surface area contributed by atoms with E-state index in [4.69, 9.17) is 0 Å². The van der Waals surface area contributed by atoms with E-state index in [1.54, 1.807) is 0 Å². The molecule has 0 radical (unpaired) electrons. The van der Waals surface area contributed by atoms with Gasteiger partial charge in [-0.15, -0.1) is 11.3 Å². The molecule has 2 rings (SSSR count). The second kappa shape index (κ2) is 5.60. The molecular formula is C13H20N2S. The summed E-state index contributed by atoms with van der Waals surface area (Å²) < 4.78 is 0. The lowest BCUT2D eigenvalue weighted by atomic mass is 10.0. The second-order valence-electron chi connectivity index (χ2n) is 4.66. The van der Waals surface area contributed by atoms with Gasteiger partial charge >= 0.3 is 0 Å². The van der Waals surface area contributed by atoms with E-state index in [1.165, 1.54) is 29.1 Å². The fourth-order valence-corrected chi connectivity index (χ4v) is 2.75. The number of rotatable bonds is 4. The molecule has 0 bridgehead atoms. The fourth-order valence-electron chi connectivity index (χ4n) is 1.87. The van der Waals surface area contributed by atoms with Gasteiger partial charge in [0.2, 0.25) is 0 Å². The van der Waals surface area contributed by atoms with Crippen molar-refractivity contribution in [3.05, 3.63) is 28.2 Å². The van der Waals surface area contributed by atoms with Gasteiger partial charge in [0.15, 0.2) is 0 Å². The largest absolute Gasteiger partial charge is 0.304 e. The van der Waals surface area contributed by atoms with Gasteiger partial charge in [0.05, 0.1) is 0 Å². The Balaban J connectivity index is 1.84. The van der Waals surface area contributed by atoms with Crippen LogP contribution in [0.1, 0.15) is 48.9 Å². The third kappa shape index (κ3) is 3.16. The number of allylic oxidation sites excluding steroid dienone is 1. The van der Waals surface area contributed by atoms with Gasteiger partial charge in [0.25, 0.3) is 0 Å². The smallest absolute Gasteiger partial charge is 0.107 e. The molecule has 1 heterocycles. The standard InChI is InChI=1S/C13H20N2S/c1-10(2)12-8-15-13(16-12)9-14-11-6-4-3-5-7-11/h4,6,8,10-11,14H,3,5,7,9H2,1-2H3. The van der Waals surface area contributed by atoms with Crippen molar-refractivity contribution >= 4 is 11.3 Å². The summed E-state index contributed by atoms with van der Waals surface area (Å²) in [7, 11) is 0. The van der Waals surface area contributed by atoms with Crippen LogP contribution in [0, 0.1) is 0 Å². The van der Waals surface area contributed by atoms with Gasteiger partial charge in [-0.05, 0) is 25.2 Å². The molecule has 1 unspecified atom stereocenters. The molecule has 0 fully saturated rings. The molecular weight excluding hydrogens is 216 g/mol. The molecule has 0 saturated carbocycles. The number of aromatic nitrogens is 1. The number of hydrogen-bond donors (Lipinski definition) is 1. The molecule has 0 aromatic carbocycles. The molecule has 3 heteroatoms. The Morgan fingerprint density at radius 1 is 1.56 bits per heavy atom. The normalized spacial score (nSPS) is 20.6. The Morgan fingerprint density at radius 3 is 3.06 bits per heavy atom. The average Bonchev–Trinajstić information content (AvgIpc) is 2.76. The summed E-state index contributed by atoms with van der Waals surface area (Å²) in [6, 6.07) is 0.556. The van der Waals surface area contributed by atoms with E-state index in [0.29, 0.717) is 12.0 Å². The Labute approximate surface area is 102 Å². The quantitative estimate of drug-likeness (QED) is 0.810. The summed E-state index contributed by atoms with van der Waals surface area (Å²) >= 11 is 1.83. The number of nitrogens with one attached hydrogen (secondary N) is 1. The van der Waals surface area contributed by atoms with Crippen molar-refractivity contribution < 1.29 is 0 Å². The molecule has 0 aliphatic heterocycles. The number of nitrogens with zero attached hydrogens (tertiary/aromatic N) is 1. The average molecular weight is 236 g/mol. The Kier molecular flexibility index (Phi) is 4.13. The molecule has 2 nitrogen and oxygen atoms in total. The first kappa shape index (κ1) is 11.8. The highest BCUT2D eigenvalue weighted by atomic mass is 32.1. The van der Waals surface area contributed by atoms with Crippen LogP contribution in [0.25, 0.3) is 0 Å². The highest BCUT2D eigenvalue weighted by Crippen LogP contribution is 2.22. The van der Waals surface area contributed by atoms with Gasteiger partial charge in [-0.1, -0.05) is 26.0 Å². The summed E-state index contributed by atoms with van der Waals surface area (Å²) in [5, 5.41) is 4.76. The van der Waals surface area contributed by atoms with E-state index in [1.807, 2.05) is 17.5 Å². The third-order valence-electron chi connectivity index (χ3n) is 2.91. The predicted molar refractivity (Wildman–Crippen MR) is 69.8 cm³/mol. The van der Waals surface area contributed by atoms with Crippen LogP contribution in [0.2, 0.25) is 0 Å². The molecule has 1 aliphatic carbocycles. The van der Waals surface area contributed by atoms with Gasteiger partial charge in [-0.2, -0.15) is 0 Å². The molecule has 1 aromatic heterocycles. The summed E-state index contributed by atoms with van der Waals surface area (Å²) in [5.74, 6) is 0.598. The monoisotopic (exact) mass is 236 g/mol. The molecule has 1 aromatic rings. The van der Waals surface area contributed by atoms with Gasteiger partial charge in [0.1, 0.15) is 5.01 Å². The van der Waals surface area contributed by atoms with Crippen LogP contribution in [0.5, 0.6) is 0 Å². The van der Waals surface area contributed by atoms with E-state index in [0.717, 1.165) is 6.54 Å². The van der Waals surface area contributed by atoms with Gasteiger partial charge in [-0.3, -0.25) is 0 Å². The first-order valence-electron chi connectivity index (χ1n) is 6.10. The van der Waals surface area contributed by atoms with Crippen molar-refractivity contribution in [2.75, 3.05) is 0 Å². The maximum Gasteiger partial charge on any atom is 0.107 e. The van der Waals surface area contributed by atoms with E-state index < -0.39 is 0 Å². The molecule has 88 valence electrons. The molecule has 16 heavy (non-hydrogen) atoms. The summed E-state index contributed by atoms with van der Waals surface area (Å²) in [4.78, 5) is 5.84. The topological polar surface area (TPSA) is 24.9 Å². The second-order valence-corrected chi connectivity index (χ2v) is 5.80. The van der Waals surface area contributed by atoms with Gasteiger partial charge < -0.3 is 5.32 Å². The number of hydrogen-bond acceptors (Lipinski definition) is 3. The van der Waals surface area contributed by atoms with Crippen LogP contribution < -0.4 is 5.32 Å². The molecule has 0 spiro atoms. The summed E-state index contributed by atoms with van der Waals surface area (Å²) in [5.41, 5.74) is 0. The Morgan fingerprint density at radius 2 is 2.44 bits per heavy atom. The SMILES string of the molecule is CC(C)c1cnc(CNC2C=CCCC2)s1. The summed E-state index contributed by atoms with van der Waals surface area (Å²) in [6.45, 7) is 5.34. The Hall–Kier alpha value is -0.670. The van der Waals surface area contributed by atoms with Crippen LogP contribution >= 0.6 is 11.3 Å². The van der Waals surface area contributed by atoms with Crippen LogP contribution in [0.15, 0.2) is 18.3 Å². The zero-order valence-corrected chi connectivity index (χ0v) is 10.9. The molecule has 1 atom stereocenters. The minimum atomic E-state index is 0.556. The van der Waals surface area contributed by atoms with Crippen LogP contribution in [0.4, 0.5) is 0 Å². The third-order valence-corrected chi connectivity index (χ3v) is 4.21. The summed E-state index contributed by atoms with van der Waals surface area (Å²) in [6.07, 6.45) is 10.4. The lowest BCUT2D eigenvalue weighted by Gasteiger charge is -2.16. The van der Waals surface area contributed by atoms with Gasteiger partial charge in [-0.25, -0.2) is 4.98 Å². The van der Waals surface area contributed by atoms with E-state index in [-0.39, 0.29) is 0 Å². The zero-order valence-electron chi connectivity index (χ0n) is 10.1. The molecule has 0 saturated heterocycles. The predicted octanol–water partition coefficient (Wildman–Crippen LogP) is 3.46. The van der Waals surface area contributed by atoms with E-state index >= 15 is 0 Å². The maximum absolute atomic E-state index is 4.45. The highest BCUT2D eigenvalue weighted by Gasteiger charge is 2.09. The van der Waals surface area contributed by atoms with Crippen molar-refractivity contribution in [3.8, 4) is 0 Å². The van der Waals surface area contributed by atoms with Gasteiger partial charge in [0, 0.05) is 23.7 Å². The fraction of sp³-hybridized carbons (Fsp3) is 0.615. The van der Waals surface area contributed by atoms with Crippen molar-refractivity contribution in [2.45, 2.75) is 51.6 Å². The molecule has 1 N–H and O–H groups in total. The zero-order chi connectivity index (χ0) is 11.4. The van der Waals surface area contributed by atoms with Crippen LogP contribution in [-0.2, 0) is 6.54 Å². The van der Waals surface area contributed by atoms with Crippen LogP contribution in [0.3, 0.4) is 0 Å². The van der Waals surface area contributed by atoms with Crippen molar-refractivity contribution in [1.82, 2.24) is 10.3 Å². The van der Waals surface area contributed by atoms with E-state index in [2.05, 4.69) is 36.3 Å². The van der Waals surface area contributed by atoms with Crippen molar-refractivity contribution in [1.29, 1.82) is 0 Å². The van der Waals surface area contributed by atoms with Crippen molar-refractivity contribution in [2.24, 2.45) is 0 Å². The highest BCUT2D eigenvalue weighted by molar-refractivity contribution is 7.11. The van der Waals surface area contributed by atoms with Crippen molar-refractivity contribution in [3.63, 3.8) is 0 Å². The Bertz CT molecular complexity index is 355. The molecule has 0 amide bonds. The lowest BCUT2D eigenvalue weighted by Crippen LogP contribution is -2.27. The van der Waals surface area contributed by atoms with Crippen LogP contribution in [-0.4, -0.2) is 11.0 Å². The lowest BCUT2D eigenvalue weighted by molar-refractivity contribution is 0.521. The molecule has 1 aliphatic rings. The van der Waals surface area contributed by atoms with E-state index in [9.17, 15) is 0 Å². The first-order valence-corrected chi connectivity index (χ1v) is 6.92. The number of thiazole rings is 1. The minimum Gasteiger partial charge on any atom is -0.304 e.